The van der Waals surface area contributed by atoms with Crippen LogP contribution in [0.15, 0.2) is 15.0 Å². The number of benzene rings is 1. The van der Waals surface area contributed by atoms with Gasteiger partial charge in [0.2, 0.25) is 11.6 Å². The molecule has 0 unspecified atom stereocenters. The molecule has 0 amide bonds. The molecular weight excluding hydrogens is 316 g/mol. The lowest BCUT2D eigenvalue weighted by molar-refractivity contribution is -0.390. The minimum absolute atomic E-state index is 0.0908. The Hall–Kier alpha value is -0.560. The molecule has 70 valence electrons. The van der Waals surface area contributed by atoms with Gasteiger partial charge in [0.1, 0.15) is 0 Å². The highest BCUT2D eigenvalue weighted by Gasteiger charge is 2.25. The lowest BCUT2D eigenvalue weighted by Crippen LogP contribution is -1.97. The number of hydrogen-bond acceptors (Lipinski definition) is 2. The van der Waals surface area contributed by atoms with Crippen LogP contribution < -0.4 is 0 Å². The molecule has 0 aliphatic heterocycles. The Labute approximate surface area is 88.2 Å². The molecule has 0 aromatic heterocycles. The van der Waals surface area contributed by atoms with Crippen LogP contribution in [0.5, 0.6) is 0 Å². The second-order valence-corrected chi connectivity index (χ2v) is 3.72. The van der Waals surface area contributed by atoms with E-state index in [9.17, 15) is 18.9 Å². The average molecular weight is 317 g/mol. The second kappa shape index (κ2) is 3.67. The van der Waals surface area contributed by atoms with Crippen LogP contribution in [0.25, 0.3) is 0 Å². The maximum atomic E-state index is 13.0. The van der Waals surface area contributed by atoms with Crippen LogP contribution in [0.3, 0.4) is 0 Å². The van der Waals surface area contributed by atoms with E-state index in [0.717, 1.165) is 6.07 Å². The quantitative estimate of drug-likeness (QED) is 0.345. The molecule has 0 spiro atoms. The van der Waals surface area contributed by atoms with E-state index in [4.69, 9.17) is 0 Å². The molecule has 3 nitrogen and oxygen atoms in total. The zero-order chi connectivity index (χ0) is 10.2. The lowest BCUT2D eigenvalue weighted by atomic mass is 10.3. The fourth-order valence-electron chi connectivity index (χ4n) is 0.724. The van der Waals surface area contributed by atoms with Crippen molar-refractivity contribution in [3.63, 3.8) is 0 Å². The van der Waals surface area contributed by atoms with Gasteiger partial charge in [0, 0.05) is 4.47 Å². The van der Waals surface area contributed by atoms with Crippen molar-refractivity contribution < 1.29 is 13.7 Å². The van der Waals surface area contributed by atoms with Crippen LogP contribution >= 0.6 is 31.9 Å². The van der Waals surface area contributed by atoms with Gasteiger partial charge in [0.25, 0.3) is 0 Å². The number of nitrogens with zero attached hydrogens (tertiary/aromatic N) is 1. The summed E-state index contributed by atoms with van der Waals surface area (Å²) in [6.07, 6.45) is 0. The molecule has 0 saturated carbocycles. The van der Waals surface area contributed by atoms with Crippen molar-refractivity contribution in [2.24, 2.45) is 0 Å². The van der Waals surface area contributed by atoms with Crippen molar-refractivity contribution in [3.8, 4) is 0 Å². The molecule has 7 heteroatoms. The summed E-state index contributed by atoms with van der Waals surface area (Å²) in [5.41, 5.74) is -1.16. The molecule has 1 aromatic carbocycles. The first-order valence-electron chi connectivity index (χ1n) is 2.92. The predicted octanol–water partition coefficient (Wildman–Crippen LogP) is 3.40. The largest absolute Gasteiger partial charge is 0.341 e. The molecule has 0 N–H and O–H groups in total. The molecule has 0 aliphatic carbocycles. The molecule has 1 rings (SSSR count). The normalized spacial score (nSPS) is 10.2. The highest BCUT2D eigenvalue weighted by molar-refractivity contribution is 9.13. The van der Waals surface area contributed by atoms with Crippen LogP contribution in [0.4, 0.5) is 14.5 Å². The first kappa shape index (κ1) is 10.5. The van der Waals surface area contributed by atoms with Gasteiger partial charge in [-0.05, 0) is 37.9 Å². The van der Waals surface area contributed by atoms with E-state index in [1.165, 1.54) is 0 Å². The molecular formula is C6HBr2F2NO2. The van der Waals surface area contributed by atoms with Gasteiger partial charge in [0.05, 0.1) is 9.40 Å². The molecule has 0 bridgehead atoms. The van der Waals surface area contributed by atoms with Gasteiger partial charge >= 0.3 is 5.69 Å². The summed E-state index contributed by atoms with van der Waals surface area (Å²) in [6, 6.07) is 0.825. The minimum atomic E-state index is -1.23. The van der Waals surface area contributed by atoms with Crippen LogP contribution in [0.2, 0.25) is 0 Å². The average Bonchev–Trinajstić information content (AvgIpc) is 1.99. The fourth-order valence-corrected chi connectivity index (χ4v) is 1.40. The summed E-state index contributed by atoms with van der Waals surface area (Å²) >= 11 is 5.57. The molecule has 1 aromatic rings. The van der Waals surface area contributed by atoms with Crippen molar-refractivity contribution in [2.45, 2.75) is 0 Å². The summed E-state index contributed by atoms with van der Waals surface area (Å²) in [5, 5.41) is 10.2. The number of nitro groups is 1. The molecule has 0 saturated heterocycles. The topological polar surface area (TPSA) is 43.1 Å². The third-order valence-corrected chi connectivity index (χ3v) is 3.21. The van der Waals surface area contributed by atoms with Gasteiger partial charge in [-0.2, -0.15) is 8.78 Å². The van der Waals surface area contributed by atoms with Gasteiger partial charge < -0.3 is 0 Å². The SMILES string of the molecule is O=[N+]([O-])c1c(F)cc(Br)c(Br)c1F. The van der Waals surface area contributed by atoms with Crippen molar-refractivity contribution in [1.82, 2.24) is 0 Å². The third kappa shape index (κ3) is 1.86. The number of nitro benzene ring substituents is 1. The Balaban J connectivity index is 3.53. The van der Waals surface area contributed by atoms with E-state index in [2.05, 4.69) is 31.9 Å². The van der Waals surface area contributed by atoms with E-state index in [0.29, 0.717) is 0 Å². The van der Waals surface area contributed by atoms with Crippen LogP contribution in [-0.4, -0.2) is 4.92 Å². The first-order chi connectivity index (χ1) is 5.95. The van der Waals surface area contributed by atoms with Crippen molar-refractivity contribution >= 4 is 37.5 Å². The van der Waals surface area contributed by atoms with Gasteiger partial charge in [-0.3, -0.25) is 10.1 Å². The van der Waals surface area contributed by atoms with Crippen molar-refractivity contribution in [1.29, 1.82) is 0 Å². The number of halogens is 4. The molecule has 13 heavy (non-hydrogen) atoms. The van der Waals surface area contributed by atoms with Crippen molar-refractivity contribution in [2.75, 3.05) is 0 Å². The number of hydrogen-bond donors (Lipinski definition) is 0. The van der Waals surface area contributed by atoms with Gasteiger partial charge in [-0.15, -0.1) is 0 Å². The zero-order valence-electron chi connectivity index (χ0n) is 5.85. The molecule has 0 aliphatic rings. The van der Waals surface area contributed by atoms with Gasteiger partial charge in [-0.1, -0.05) is 0 Å². The Morgan fingerprint density at radius 3 is 2.38 bits per heavy atom. The minimum Gasteiger partial charge on any atom is -0.258 e. The summed E-state index contributed by atoms with van der Waals surface area (Å²) in [4.78, 5) is 9.09. The van der Waals surface area contributed by atoms with Crippen molar-refractivity contribution in [3.05, 3.63) is 36.8 Å². The fraction of sp³-hybridized carbons (Fsp3) is 0. The molecule has 0 fully saturated rings. The van der Waals surface area contributed by atoms with Gasteiger partial charge in [-0.25, -0.2) is 0 Å². The van der Waals surface area contributed by atoms with Crippen LogP contribution in [-0.2, 0) is 0 Å². The Morgan fingerprint density at radius 2 is 1.92 bits per heavy atom. The smallest absolute Gasteiger partial charge is 0.258 e. The van der Waals surface area contributed by atoms with E-state index in [1.54, 1.807) is 0 Å². The van der Waals surface area contributed by atoms with E-state index in [-0.39, 0.29) is 8.95 Å². The molecule has 0 heterocycles. The Bertz CT molecular complexity index is 383. The maximum Gasteiger partial charge on any atom is 0.341 e. The van der Waals surface area contributed by atoms with E-state index >= 15 is 0 Å². The predicted molar refractivity (Wildman–Crippen MR) is 48.4 cm³/mol. The monoisotopic (exact) mass is 315 g/mol. The zero-order valence-corrected chi connectivity index (χ0v) is 9.02. The second-order valence-electron chi connectivity index (χ2n) is 2.07. The molecule has 0 atom stereocenters. The highest BCUT2D eigenvalue weighted by atomic mass is 79.9. The highest BCUT2D eigenvalue weighted by Crippen LogP contribution is 2.33. The third-order valence-electron chi connectivity index (χ3n) is 1.27. The van der Waals surface area contributed by atoms with Gasteiger partial charge in [0.15, 0.2) is 0 Å². The number of rotatable bonds is 1. The Morgan fingerprint density at radius 1 is 1.38 bits per heavy atom. The Kier molecular flexibility index (Phi) is 2.97. The summed E-state index contributed by atoms with van der Waals surface area (Å²) in [7, 11) is 0. The first-order valence-corrected chi connectivity index (χ1v) is 4.51. The maximum absolute atomic E-state index is 13.0. The van der Waals surface area contributed by atoms with Crippen LogP contribution in [0, 0.1) is 21.7 Å². The van der Waals surface area contributed by atoms with E-state index in [1.807, 2.05) is 0 Å². The summed E-state index contributed by atoms with van der Waals surface area (Å²) in [5.74, 6) is -2.44. The standard InChI is InChI=1S/C6HBr2F2NO2/c7-2-1-3(9)6(11(12)13)5(10)4(2)8/h1H. The molecule has 0 radical (unpaired) electrons. The van der Waals surface area contributed by atoms with E-state index < -0.39 is 22.2 Å². The summed E-state index contributed by atoms with van der Waals surface area (Å²) < 4.78 is 25.7. The lowest BCUT2D eigenvalue weighted by Gasteiger charge is -2.00. The summed E-state index contributed by atoms with van der Waals surface area (Å²) in [6.45, 7) is 0. The van der Waals surface area contributed by atoms with Crippen LogP contribution in [0.1, 0.15) is 0 Å².